The van der Waals surface area contributed by atoms with E-state index >= 15 is 0 Å². The number of fused-ring (bicyclic) bond motifs is 1. The number of benzene rings is 1. The zero-order chi connectivity index (χ0) is 26.0. The maximum atomic E-state index is 4.60. The van der Waals surface area contributed by atoms with Crippen LogP contribution in [0.5, 0.6) is 0 Å². The van der Waals surface area contributed by atoms with E-state index in [1.165, 1.54) is 74.6 Å². The molecule has 0 amide bonds. The van der Waals surface area contributed by atoms with Gasteiger partial charge in [0.25, 0.3) is 0 Å². The van der Waals surface area contributed by atoms with Gasteiger partial charge in [-0.15, -0.1) is 10.2 Å². The fourth-order valence-electron chi connectivity index (χ4n) is 5.36. The van der Waals surface area contributed by atoms with Gasteiger partial charge < -0.3 is 4.90 Å². The molecule has 5 rings (SSSR count). The minimum Gasteiger partial charge on any atom is -0.344 e. The Labute approximate surface area is 224 Å². The molecule has 2 fully saturated rings. The molecule has 0 N–H and O–H groups in total. The monoisotopic (exact) mass is 510 g/mol. The van der Waals surface area contributed by atoms with Crippen LogP contribution in [-0.4, -0.2) is 47.8 Å². The topological polar surface area (TPSA) is 32.3 Å². The minimum absolute atomic E-state index is 0.224. The molecule has 2 aliphatic carbocycles. The number of hydrogen-bond acceptors (Lipinski definition) is 5. The predicted molar refractivity (Wildman–Crippen MR) is 156 cm³/mol. The molecule has 3 aliphatic rings. The molecular weight excluding hydrogens is 460 g/mol. The summed E-state index contributed by atoms with van der Waals surface area (Å²) in [5.74, 6) is 0. The van der Waals surface area contributed by atoms with Crippen molar-refractivity contribution in [2.75, 3.05) is 37.6 Å². The minimum atomic E-state index is 0.224. The molecule has 0 atom stereocenters. The van der Waals surface area contributed by atoms with E-state index in [-0.39, 0.29) is 10.8 Å². The van der Waals surface area contributed by atoms with Gasteiger partial charge in [0.05, 0.1) is 0 Å². The molecule has 0 radical (unpaired) electrons. The van der Waals surface area contributed by atoms with Crippen molar-refractivity contribution in [1.29, 1.82) is 0 Å². The van der Waals surface area contributed by atoms with Gasteiger partial charge in [-0.3, -0.25) is 4.90 Å². The number of hydrogen-bond donors (Lipinski definition) is 0. The van der Waals surface area contributed by atoms with Crippen molar-refractivity contribution in [1.82, 2.24) is 15.1 Å². The Balaban J connectivity index is 0.000000543. The highest BCUT2D eigenvalue weighted by atomic mass is 32.1. The third-order valence-corrected chi connectivity index (χ3v) is 9.77. The average molecular weight is 511 g/mol. The van der Waals surface area contributed by atoms with Crippen molar-refractivity contribution in [3.8, 4) is 10.6 Å². The number of anilines is 1. The second-order valence-corrected chi connectivity index (χ2v) is 14.4. The van der Waals surface area contributed by atoms with E-state index in [4.69, 9.17) is 0 Å². The van der Waals surface area contributed by atoms with Gasteiger partial charge in [-0.2, -0.15) is 0 Å². The Bertz CT molecular complexity index is 992. The van der Waals surface area contributed by atoms with Crippen LogP contribution in [0.15, 0.2) is 18.2 Å². The Hall–Kier alpha value is -1.46. The molecule has 0 bridgehead atoms. The molecule has 2 aromatic rings. The molecule has 5 heteroatoms. The summed E-state index contributed by atoms with van der Waals surface area (Å²) in [6.45, 7) is 22.1. The molecule has 1 aliphatic heterocycles. The van der Waals surface area contributed by atoms with Crippen LogP contribution in [0.2, 0.25) is 0 Å². The van der Waals surface area contributed by atoms with E-state index in [9.17, 15) is 0 Å². The summed E-state index contributed by atoms with van der Waals surface area (Å²) in [7, 11) is 0. The van der Waals surface area contributed by atoms with E-state index in [0.717, 1.165) is 41.7 Å². The predicted octanol–water partition coefficient (Wildman–Crippen LogP) is 8.06. The zero-order valence-electron chi connectivity index (χ0n) is 24.1. The molecule has 0 unspecified atom stereocenters. The summed E-state index contributed by atoms with van der Waals surface area (Å²) in [5.41, 5.74) is 5.46. The van der Waals surface area contributed by atoms with Crippen LogP contribution in [0.3, 0.4) is 0 Å². The highest BCUT2D eigenvalue weighted by Crippen LogP contribution is 2.47. The lowest BCUT2D eigenvalue weighted by Gasteiger charge is -2.42. The SMILES string of the molecule is CC1(C)CC1.CCCCCCN1CCN(c2nnc(-c3ccc4c(c3)C(C)(C)CCC4(C)C)s2)CC1. The molecule has 200 valence electrons. The number of unbranched alkanes of at least 4 members (excludes halogenated alkanes) is 3. The molecule has 4 nitrogen and oxygen atoms in total. The fraction of sp³-hybridized carbons (Fsp3) is 0.742. The quantitative estimate of drug-likeness (QED) is 0.353. The van der Waals surface area contributed by atoms with Crippen molar-refractivity contribution in [2.24, 2.45) is 5.41 Å². The van der Waals surface area contributed by atoms with Crippen LogP contribution >= 0.6 is 11.3 Å². The third-order valence-electron chi connectivity index (χ3n) is 8.73. The van der Waals surface area contributed by atoms with E-state index in [2.05, 4.69) is 86.7 Å². The second kappa shape index (κ2) is 11.1. The van der Waals surface area contributed by atoms with Gasteiger partial charge in [-0.1, -0.05) is 91.2 Å². The van der Waals surface area contributed by atoms with Gasteiger partial charge in [0, 0.05) is 31.7 Å². The van der Waals surface area contributed by atoms with Crippen LogP contribution in [-0.2, 0) is 10.8 Å². The van der Waals surface area contributed by atoms with E-state index in [1.807, 2.05) is 0 Å². The van der Waals surface area contributed by atoms with Gasteiger partial charge in [0.1, 0.15) is 5.01 Å². The van der Waals surface area contributed by atoms with Crippen molar-refractivity contribution >= 4 is 16.5 Å². The van der Waals surface area contributed by atoms with E-state index in [0.29, 0.717) is 0 Å². The molecule has 1 aromatic heterocycles. The lowest BCUT2D eigenvalue weighted by molar-refractivity contribution is 0.252. The zero-order valence-corrected chi connectivity index (χ0v) is 24.9. The summed E-state index contributed by atoms with van der Waals surface area (Å²) < 4.78 is 0. The highest BCUT2D eigenvalue weighted by molar-refractivity contribution is 7.18. The summed E-state index contributed by atoms with van der Waals surface area (Å²) in [6, 6.07) is 7.01. The lowest BCUT2D eigenvalue weighted by Crippen LogP contribution is -2.46. The Morgan fingerprint density at radius 2 is 1.42 bits per heavy atom. The molecule has 1 aromatic carbocycles. The number of nitrogens with zero attached hydrogens (tertiary/aromatic N) is 4. The maximum absolute atomic E-state index is 4.60. The first-order chi connectivity index (χ1) is 17.0. The fourth-order valence-corrected chi connectivity index (χ4v) is 6.25. The lowest BCUT2D eigenvalue weighted by atomic mass is 9.63. The van der Waals surface area contributed by atoms with Crippen molar-refractivity contribution < 1.29 is 0 Å². The van der Waals surface area contributed by atoms with Gasteiger partial charge in [0.2, 0.25) is 5.13 Å². The molecule has 1 saturated heterocycles. The van der Waals surface area contributed by atoms with Crippen LogP contribution < -0.4 is 4.90 Å². The van der Waals surface area contributed by atoms with Crippen LogP contribution in [0.25, 0.3) is 10.6 Å². The first-order valence-corrected chi connectivity index (χ1v) is 15.3. The number of aromatic nitrogens is 2. The van der Waals surface area contributed by atoms with Gasteiger partial charge in [-0.25, -0.2) is 0 Å². The third kappa shape index (κ3) is 6.89. The Kier molecular flexibility index (Phi) is 8.51. The molecule has 1 saturated carbocycles. The average Bonchev–Trinajstić information content (AvgIpc) is 3.33. The van der Waals surface area contributed by atoms with Crippen LogP contribution in [0, 0.1) is 5.41 Å². The Morgan fingerprint density at radius 1 is 0.778 bits per heavy atom. The Morgan fingerprint density at radius 3 is 2.03 bits per heavy atom. The standard InChI is InChI=1S/C26H40N4S.C5H10/c1-6-7-8-9-14-29-15-17-30(18-16-29)24-28-27-23(31-24)20-10-11-21-22(19-20)26(4,5)13-12-25(21,2)3;1-5(2)3-4-5/h10-11,19H,6-9,12-18H2,1-5H3;3-4H2,1-2H3. The number of piperazine rings is 1. The first kappa shape index (κ1) is 27.6. The first-order valence-electron chi connectivity index (χ1n) is 14.5. The van der Waals surface area contributed by atoms with Gasteiger partial charge >= 0.3 is 0 Å². The molecule has 0 spiro atoms. The largest absolute Gasteiger partial charge is 0.344 e. The normalized spacial score (nSPS) is 21.9. The van der Waals surface area contributed by atoms with Gasteiger partial charge in [-0.05, 0) is 72.1 Å². The van der Waals surface area contributed by atoms with Crippen molar-refractivity contribution in [3.63, 3.8) is 0 Å². The molecular formula is C31H50N4S. The number of rotatable bonds is 7. The summed E-state index contributed by atoms with van der Waals surface area (Å²) in [5, 5.41) is 11.3. The second-order valence-electron chi connectivity index (χ2n) is 13.5. The molecule has 36 heavy (non-hydrogen) atoms. The summed E-state index contributed by atoms with van der Waals surface area (Å²) >= 11 is 1.75. The van der Waals surface area contributed by atoms with Gasteiger partial charge in [0.15, 0.2) is 0 Å². The van der Waals surface area contributed by atoms with E-state index in [1.54, 1.807) is 11.3 Å². The van der Waals surface area contributed by atoms with Crippen LogP contribution in [0.1, 0.15) is 111 Å². The van der Waals surface area contributed by atoms with Crippen LogP contribution in [0.4, 0.5) is 5.13 Å². The maximum Gasteiger partial charge on any atom is 0.208 e. The summed E-state index contributed by atoms with van der Waals surface area (Å²) in [6.07, 6.45) is 10.8. The van der Waals surface area contributed by atoms with E-state index < -0.39 is 0 Å². The highest BCUT2D eigenvalue weighted by Gasteiger charge is 2.37. The van der Waals surface area contributed by atoms with Crippen molar-refractivity contribution in [3.05, 3.63) is 29.3 Å². The smallest absolute Gasteiger partial charge is 0.208 e. The van der Waals surface area contributed by atoms with Crippen molar-refractivity contribution in [2.45, 2.75) is 111 Å². The molecule has 2 heterocycles. The summed E-state index contributed by atoms with van der Waals surface area (Å²) in [4.78, 5) is 5.04.